The molecule has 0 amide bonds. The molecule has 1 fully saturated rings. The van der Waals surface area contributed by atoms with Gasteiger partial charge in [-0.1, -0.05) is 0 Å². The zero-order chi connectivity index (χ0) is 15.8. The van der Waals surface area contributed by atoms with Crippen molar-refractivity contribution in [3.05, 3.63) is 23.7 Å². The second-order valence-electron chi connectivity index (χ2n) is 6.80. The average molecular weight is 295 g/mol. The van der Waals surface area contributed by atoms with Crippen LogP contribution in [0.15, 0.2) is 16.5 Å². The molecular weight excluding hydrogens is 274 g/mol. The first-order chi connectivity index (χ1) is 9.58. The zero-order valence-electron chi connectivity index (χ0n) is 12.7. The third-order valence-electron chi connectivity index (χ3n) is 3.44. The SMILES string of the molecule is CC1(C)CC(OC(=O)c2ccc(C(=O)O)o2)CC(C)(C)N1. The van der Waals surface area contributed by atoms with Crippen LogP contribution in [0.4, 0.5) is 0 Å². The van der Waals surface area contributed by atoms with Crippen molar-refractivity contribution in [3.8, 4) is 0 Å². The van der Waals surface area contributed by atoms with Crippen LogP contribution in [0.25, 0.3) is 0 Å². The van der Waals surface area contributed by atoms with Crippen molar-refractivity contribution < 1.29 is 23.8 Å². The number of carbonyl (C=O) groups excluding carboxylic acids is 1. The second-order valence-corrected chi connectivity index (χ2v) is 6.80. The van der Waals surface area contributed by atoms with E-state index in [1.165, 1.54) is 12.1 Å². The van der Waals surface area contributed by atoms with Gasteiger partial charge in [0.15, 0.2) is 0 Å². The monoisotopic (exact) mass is 295 g/mol. The molecule has 0 unspecified atom stereocenters. The Morgan fingerprint density at radius 1 is 1.19 bits per heavy atom. The molecular formula is C15H21NO5. The van der Waals surface area contributed by atoms with Crippen LogP contribution in [0, 0.1) is 0 Å². The van der Waals surface area contributed by atoms with E-state index in [1.54, 1.807) is 0 Å². The van der Waals surface area contributed by atoms with E-state index in [0.29, 0.717) is 12.8 Å². The number of carboxylic acid groups (broad SMARTS) is 1. The number of hydrogen-bond donors (Lipinski definition) is 2. The largest absolute Gasteiger partial charge is 0.475 e. The number of piperidine rings is 1. The van der Waals surface area contributed by atoms with Gasteiger partial charge in [0.25, 0.3) is 0 Å². The van der Waals surface area contributed by atoms with Gasteiger partial charge in [0.1, 0.15) is 6.10 Å². The highest BCUT2D eigenvalue weighted by molar-refractivity contribution is 5.90. The van der Waals surface area contributed by atoms with E-state index in [1.807, 2.05) is 0 Å². The van der Waals surface area contributed by atoms with E-state index < -0.39 is 11.9 Å². The van der Waals surface area contributed by atoms with Crippen molar-refractivity contribution in [1.82, 2.24) is 5.32 Å². The lowest BCUT2D eigenvalue weighted by Crippen LogP contribution is -2.59. The predicted octanol–water partition coefficient (Wildman–Crippen LogP) is 2.44. The number of nitrogens with one attached hydrogen (secondary N) is 1. The summed E-state index contributed by atoms with van der Waals surface area (Å²) < 4.78 is 10.4. The van der Waals surface area contributed by atoms with Crippen molar-refractivity contribution in [2.24, 2.45) is 0 Å². The highest BCUT2D eigenvalue weighted by atomic mass is 16.6. The molecule has 6 nitrogen and oxygen atoms in total. The predicted molar refractivity (Wildman–Crippen MR) is 75.4 cm³/mol. The van der Waals surface area contributed by atoms with Crippen molar-refractivity contribution in [1.29, 1.82) is 0 Å². The Balaban J connectivity index is 2.06. The average Bonchev–Trinajstić information content (AvgIpc) is 2.72. The third-order valence-corrected chi connectivity index (χ3v) is 3.44. The molecule has 2 N–H and O–H groups in total. The Kier molecular flexibility index (Phi) is 3.84. The Bertz CT molecular complexity index is 542. The van der Waals surface area contributed by atoms with Gasteiger partial charge in [-0.05, 0) is 39.8 Å². The van der Waals surface area contributed by atoms with Crippen LogP contribution in [0.2, 0.25) is 0 Å². The first kappa shape index (κ1) is 15.6. The number of carboxylic acids is 1. The molecule has 1 aromatic heterocycles. The van der Waals surface area contributed by atoms with Crippen molar-refractivity contribution in [2.75, 3.05) is 0 Å². The molecule has 0 atom stereocenters. The lowest BCUT2D eigenvalue weighted by Gasteiger charge is -2.45. The summed E-state index contributed by atoms with van der Waals surface area (Å²) in [5.74, 6) is -2.19. The van der Waals surface area contributed by atoms with Crippen molar-refractivity contribution in [2.45, 2.75) is 57.7 Å². The first-order valence-electron chi connectivity index (χ1n) is 6.91. The maximum atomic E-state index is 12.0. The second kappa shape index (κ2) is 5.18. The van der Waals surface area contributed by atoms with Crippen LogP contribution in [-0.4, -0.2) is 34.2 Å². The third kappa shape index (κ3) is 3.85. The standard InChI is InChI=1S/C15H21NO5/c1-14(2)7-9(8-15(3,4)16-14)20-13(19)11-6-5-10(21-11)12(17)18/h5-6,9,16H,7-8H2,1-4H3,(H,17,18). The zero-order valence-corrected chi connectivity index (χ0v) is 12.7. The van der Waals surface area contributed by atoms with Gasteiger partial charge in [-0.25, -0.2) is 9.59 Å². The molecule has 1 aliphatic rings. The molecule has 1 aliphatic heterocycles. The number of rotatable bonds is 3. The van der Waals surface area contributed by atoms with Gasteiger partial charge in [-0.15, -0.1) is 0 Å². The Morgan fingerprint density at radius 2 is 1.71 bits per heavy atom. The maximum Gasteiger partial charge on any atom is 0.374 e. The van der Waals surface area contributed by atoms with E-state index in [4.69, 9.17) is 14.3 Å². The molecule has 6 heteroatoms. The van der Waals surface area contributed by atoms with E-state index in [0.717, 1.165) is 0 Å². The highest BCUT2D eigenvalue weighted by Crippen LogP contribution is 2.30. The lowest BCUT2D eigenvalue weighted by atomic mass is 9.81. The molecule has 0 radical (unpaired) electrons. The molecule has 1 saturated heterocycles. The fourth-order valence-electron chi connectivity index (χ4n) is 3.08. The van der Waals surface area contributed by atoms with Gasteiger partial charge in [0, 0.05) is 23.9 Å². The molecule has 21 heavy (non-hydrogen) atoms. The summed E-state index contributed by atoms with van der Waals surface area (Å²) in [7, 11) is 0. The van der Waals surface area contributed by atoms with Gasteiger partial charge >= 0.3 is 11.9 Å². The number of ether oxygens (including phenoxy) is 1. The molecule has 2 rings (SSSR count). The van der Waals surface area contributed by atoms with E-state index in [9.17, 15) is 9.59 Å². The number of hydrogen-bond acceptors (Lipinski definition) is 5. The van der Waals surface area contributed by atoms with Crippen LogP contribution in [0.3, 0.4) is 0 Å². The van der Waals surface area contributed by atoms with Gasteiger partial charge in [-0.2, -0.15) is 0 Å². The smallest absolute Gasteiger partial charge is 0.374 e. The first-order valence-corrected chi connectivity index (χ1v) is 6.91. The van der Waals surface area contributed by atoms with Crippen LogP contribution >= 0.6 is 0 Å². The Morgan fingerprint density at radius 3 is 2.19 bits per heavy atom. The summed E-state index contributed by atoms with van der Waals surface area (Å²) in [6, 6.07) is 2.57. The van der Waals surface area contributed by atoms with E-state index in [-0.39, 0.29) is 28.7 Å². The van der Waals surface area contributed by atoms with Gasteiger partial charge in [0.2, 0.25) is 11.5 Å². The van der Waals surface area contributed by atoms with Crippen LogP contribution in [-0.2, 0) is 4.74 Å². The molecule has 0 bridgehead atoms. The molecule has 2 heterocycles. The molecule has 116 valence electrons. The van der Waals surface area contributed by atoms with Crippen LogP contribution in [0.5, 0.6) is 0 Å². The Hall–Kier alpha value is -1.82. The number of furan rings is 1. The highest BCUT2D eigenvalue weighted by Gasteiger charge is 2.39. The summed E-state index contributed by atoms with van der Waals surface area (Å²) >= 11 is 0. The van der Waals surface area contributed by atoms with Gasteiger partial charge < -0.3 is 19.6 Å². The lowest BCUT2D eigenvalue weighted by molar-refractivity contribution is -0.00901. The van der Waals surface area contributed by atoms with Crippen LogP contribution in [0.1, 0.15) is 61.6 Å². The summed E-state index contributed by atoms with van der Waals surface area (Å²) in [6.45, 7) is 8.24. The van der Waals surface area contributed by atoms with Gasteiger partial charge in [0.05, 0.1) is 0 Å². The molecule has 0 aliphatic carbocycles. The molecule has 0 spiro atoms. The minimum atomic E-state index is -1.21. The normalized spacial score (nSPS) is 21.0. The number of aromatic carboxylic acids is 1. The van der Waals surface area contributed by atoms with Crippen molar-refractivity contribution in [3.63, 3.8) is 0 Å². The Labute approximate surface area is 123 Å². The van der Waals surface area contributed by atoms with E-state index in [2.05, 4.69) is 33.0 Å². The molecule has 0 saturated carbocycles. The summed E-state index contributed by atoms with van der Waals surface area (Å²) in [5, 5.41) is 12.3. The quantitative estimate of drug-likeness (QED) is 0.833. The van der Waals surface area contributed by atoms with Crippen molar-refractivity contribution >= 4 is 11.9 Å². The number of carbonyl (C=O) groups is 2. The maximum absolute atomic E-state index is 12.0. The van der Waals surface area contributed by atoms with E-state index >= 15 is 0 Å². The molecule has 0 aromatic carbocycles. The fourth-order valence-corrected chi connectivity index (χ4v) is 3.08. The summed E-state index contributed by atoms with van der Waals surface area (Å²) in [5.41, 5.74) is -0.274. The summed E-state index contributed by atoms with van der Waals surface area (Å²) in [4.78, 5) is 22.8. The fraction of sp³-hybridized carbons (Fsp3) is 0.600. The topological polar surface area (TPSA) is 88.8 Å². The minimum absolute atomic E-state index is 0.0819. The minimum Gasteiger partial charge on any atom is -0.475 e. The number of esters is 1. The summed E-state index contributed by atoms with van der Waals surface area (Å²) in [6.07, 6.45) is 1.14. The van der Waals surface area contributed by atoms with Gasteiger partial charge in [-0.3, -0.25) is 0 Å². The molecule has 1 aromatic rings. The van der Waals surface area contributed by atoms with Crippen LogP contribution < -0.4 is 5.32 Å².